The van der Waals surface area contributed by atoms with E-state index in [9.17, 15) is 9.59 Å². The van der Waals surface area contributed by atoms with Crippen LogP contribution < -0.4 is 10.1 Å². The molecule has 0 spiro atoms. The number of nitrogens with one attached hydrogen (secondary N) is 1. The lowest BCUT2D eigenvalue weighted by molar-refractivity contribution is -0.117. The van der Waals surface area contributed by atoms with Crippen molar-refractivity contribution in [2.75, 3.05) is 26.8 Å². The number of carbonyl (C=O) groups excluding carboxylic acids is 2. The van der Waals surface area contributed by atoms with E-state index in [1.165, 1.54) is 6.08 Å². The van der Waals surface area contributed by atoms with Gasteiger partial charge in [0.2, 0.25) is 5.91 Å². The monoisotopic (exact) mass is 332 g/mol. The van der Waals surface area contributed by atoms with Gasteiger partial charge in [0.1, 0.15) is 5.75 Å². The second-order valence-electron chi connectivity index (χ2n) is 5.54. The molecule has 0 bridgehead atoms. The second kappa shape index (κ2) is 8.96. The van der Waals surface area contributed by atoms with E-state index >= 15 is 0 Å². The van der Waals surface area contributed by atoms with E-state index in [2.05, 4.69) is 5.32 Å². The lowest BCUT2D eigenvalue weighted by atomic mass is 10.1. The Balaban J connectivity index is 1.81. The largest absolute Gasteiger partial charge is 0.496 e. The summed E-state index contributed by atoms with van der Waals surface area (Å²) in [6, 6.07) is 7.59. The lowest BCUT2D eigenvalue weighted by Crippen LogP contribution is -2.46. The average Bonchev–Trinajstić information content (AvgIpc) is 2.61. The summed E-state index contributed by atoms with van der Waals surface area (Å²) < 4.78 is 10.2. The van der Waals surface area contributed by atoms with Gasteiger partial charge in [-0.25, -0.2) is 4.79 Å². The van der Waals surface area contributed by atoms with Crippen LogP contribution in [0.1, 0.15) is 25.3 Å². The quantitative estimate of drug-likeness (QED) is 0.841. The van der Waals surface area contributed by atoms with Gasteiger partial charge in [-0.1, -0.05) is 18.2 Å². The molecule has 2 rings (SSSR count). The Morgan fingerprint density at radius 3 is 2.67 bits per heavy atom. The normalized spacial score (nSPS) is 15.3. The van der Waals surface area contributed by atoms with E-state index in [0.717, 1.165) is 24.2 Å². The number of amides is 2. The average molecular weight is 332 g/mol. The Kier molecular flexibility index (Phi) is 6.66. The topological polar surface area (TPSA) is 67.9 Å². The first kappa shape index (κ1) is 17.8. The van der Waals surface area contributed by atoms with Crippen molar-refractivity contribution >= 4 is 18.1 Å². The van der Waals surface area contributed by atoms with Crippen molar-refractivity contribution < 1.29 is 19.1 Å². The number of nitrogens with zero attached hydrogens (tertiary/aromatic N) is 1. The minimum Gasteiger partial charge on any atom is -0.496 e. The molecule has 1 aliphatic heterocycles. The molecule has 0 radical (unpaired) electrons. The molecular weight excluding hydrogens is 308 g/mol. The van der Waals surface area contributed by atoms with Crippen molar-refractivity contribution in [1.82, 2.24) is 10.2 Å². The maximum Gasteiger partial charge on any atom is 0.409 e. The molecule has 0 unspecified atom stereocenters. The first-order valence-corrected chi connectivity index (χ1v) is 8.17. The summed E-state index contributed by atoms with van der Waals surface area (Å²) in [5, 5.41) is 2.97. The molecule has 2 amide bonds. The molecule has 0 aliphatic carbocycles. The number of para-hydroxylation sites is 1. The number of ether oxygens (including phenoxy) is 2. The molecule has 1 saturated heterocycles. The highest BCUT2D eigenvalue weighted by atomic mass is 16.6. The molecule has 0 atom stereocenters. The zero-order valence-electron chi connectivity index (χ0n) is 14.2. The van der Waals surface area contributed by atoms with Crippen LogP contribution in [-0.4, -0.2) is 49.7 Å². The smallest absolute Gasteiger partial charge is 0.409 e. The van der Waals surface area contributed by atoms with Crippen LogP contribution in [0.3, 0.4) is 0 Å². The molecule has 130 valence electrons. The standard InChI is InChI=1S/C18H24N2O4/c1-3-24-18(22)20-12-10-15(11-13-20)19-17(21)9-8-14-6-4-5-7-16(14)23-2/h4-9,15H,3,10-13H2,1-2H3,(H,19,21)/b9-8+. The van der Waals surface area contributed by atoms with E-state index in [4.69, 9.17) is 9.47 Å². The molecule has 0 aromatic heterocycles. The van der Waals surface area contributed by atoms with Gasteiger partial charge in [-0.15, -0.1) is 0 Å². The maximum absolute atomic E-state index is 12.1. The number of hydrogen-bond acceptors (Lipinski definition) is 4. The Labute approximate surface area is 142 Å². The van der Waals surface area contributed by atoms with Crippen molar-refractivity contribution in [3.63, 3.8) is 0 Å². The summed E-state index contributed by atoms with van der Waals surface area (Å²) >= 11 is 0. The van der Waals surface area contributed by atoms with Gasteiger partial charge < -0.3 is 19.7 Å². The van der Waals surface area contributed by atoms with E-state index in [0.29, 0.717) is 19.7 Å². The fourth-order valence-corrected chi connectivity index (χ4v) is 2.64. The predicted octanol–water partition coefficient (Wildman–Crippen LogP) is 2.45. The molecular formula is C18H24N2O4. The zero-order valence-corrected chi connectivity index (χ0v) is 14.2. The summed E-state index contributed by atoms with van der Waals surface area (Å²) in [4.78, 5) is 25.4. The summed E-state index contributed by atoms with van der Waals surface area (Å²) in [6.45, 7) is 3.36. The van der Waals surface area contributed by atoms with E-state index in [1.807, 2.05) is 24.3 Å². The first-order chi connectivity index (χ1) is 11.6. The number of piperidine rings is 1. The molecule has 1 heterocycles. The fraction of sp³-hybridized carbons (Fsp3) is 0.444. The van der Waals surface area contributed by atoms with Crippen molar-refractivity contribution in [1.29, 1.82) is 0 Å². The van der Waals surface area contributed by atoms with Gasteiger partial charge in [-0.2, -0.15) is 0 Å². The Bertz CT molecular complexity index is 592. The van der Waals surface area contributed by atoms with Gasteiger partial charge in [0, 0.05) is 30.8 Å². The Morgan fingerprint density at radius 1 is 1.29 bits per heavy atom. The highest BCUT2D eigenvalue weighted by Gasteiger charge is 2.23. The third kappa shape index (κ3) is 5.01. The van der Waals surface area contributed by atoms with Crippen LogP contribution in [0.4, 0.5) is 4.79 Å². The number of hydrogen-bond donors (Lipinski definition) is 1. The molecule has 6 nitrogen and oxygen atoms in total. The highest BCUT2D eigenvalue weighted by Crippen LogP contribution is 2.18. The van der Waals surface area contributed by atoms with Crippen LogP contribution in [0.25, 0.3) is 6.08 Å². The van der Waals surface area contributed by atoms with Gasteiger partial charge in [0.15, 0.2) is 0 Å². The van der Waals surface area contributed by atoms with Crippen LogP contribution in [0.5, 0.6) is 5.75 Å². The van der Waals surface area contributed by atoms with E-state index in [1.54, 1.807) is 25.0 Å². The van der Waals surface area contributed by atoms with Gasteiger partial charge in [-0.05, 0) is 31.9 Å². The van der Waals surface area contributed by atoms with Crippen LogP contribution >= 0.6 is 0 Å². The Hall–Kier alpha value is -2.50. The number of rotatable bonds is 5. The van der Waals surface area contributed by atoms with E-state index in [-0.39, 0.29) is 18.0 Å². The maximum atomic E-state index is 12.1. The van der Waals surface area contributed by atoms with Crippen molar-refractivity contribution in [3.8, 4) is 5.75 Å². The molecule has 1 N–H and O–H groups in total. The van der Waals surface area contributed by atoms with E-state index < -0.39 is 0 Å². The molecule has 6 heteroatoms. The third-order valence-electron chi connectivity index (χ3n) is 3.92. The molecule has 24 heavy (non-hydrogen) atoms. The summed E-state index contributed by atoms with van der Waals surface area (Å²) in [7, 11) is 1.60. The van der Waals surface area contributed by atoms with Crippen LogP contribution in [0.15, 0.2) is 30.3 Å². The molecule has 1 aromatic carbocycles. The van der Waals surface area contributed by atoms with Crippen LogP contribution in [-0.2, 0) is 9.53 Å². The number of benzene rings is 1. The van der Waals surface area contributed by atoms with Crippen molar-refractivity contribution in [2.24, 2.45) is 0 Å². The number of methoxy groups -OCH3 is 1. The fourth-order valence-electron chi connectivity index (χ4n) is 2.64. The second-order valence-corrected chi connectivity index (χ2v) is 5.54. The Morgan fingerprint density at radius 2 is 2.00 bits per heavy atom. The van der Waals surface area contributed by atoms with Gasteiger partial charge in [-0.3, -0.25) is 4.79 Å². The van der Waals surface area contributed by atoms with Crippen molar-refractivity contribution in [2.45, 2.75) is 25.8 Å². The van der Waals surface area contributed by atoms with Gasteiger partial charge in [0.25, 0.3) is 0 Å². The molecule has 0 saturated carbocycles. The number of carbonyl (C=O) groups is 2. The third-order valence-corrected chi connectivity index (χ3v) is 3.92. The molecule has 1 aromatic rings. The number of likely N-dealkylation sites (tertiary alicyclic amines) is 1. The molecule has 1 aliphatic rings. The van der Waals surface area contributed by atoms with Crippen LogP contribution in [0.2, 0.25) is 0 Å². The van der Waals surface area contributed by atoms with Crippen molar-refractivity contribution in [3.05, 3.63) is 35.9 Å². The predicted molar refractivity (Wildman–Crippen MR) is 91.8 cm³/mol. The minimum absolute atomic E-state index is 0.0745. The lowest BCUT2D eigenvalue weighted by Gasteiger charge is -2.31. The summed E-state index contributed by atoms with van der Waals surface area (Å²) in [5.41, 5.74) is 0.854. The molecule has 1 fully saturated rings. The van der Waals surface area contributed by atoms with Crippen LogP contribution in [0, 0.1) is 0 Å². The summed E-state index contributed by atoms with van der Waals surface area (Å²) in [5.74, 6) is 0.583. The summed E-state index contributed by atoms with van der Waals surface area (Å²) in [6.07, 6.45) is 4.43. The first-order valence-electron chi connectivity index (χ1n) is 8.17. The SMILES string of the molecule is CCOC(=O)N1CCC(NC(=O)/C=C/c2ccccc2OC)CC1. The highest BCUT2D eigenvalue weighted by molar-refractivity contribution is 5.92. The zero-order chi connectivity index (χ0) is 17.4. The van der Waals surface area contributed by atoms with Gasteiger partial charge in [0.05, 0.1) is 13.7 Å². The van der Waals surface area contributed by atoms with Gasteiger partial charge >= 0.3 is 6.09 Å². The minimum atomic E-state index is -0.279.